The molecule has 1 amide bonds. The molecule has 1 aliphatic rings. The summed E-state index contributed by atoms with van der Waals surface area (Å²) in [5, 5.41) is 0.489. The summed E-state index contributed by atoms with van der Waals surface area (Å²) in [7, 11) is -3.67. The zero-order valence-corrected chi connectivity index (χ0v) is 15.4. The molecule has 9 heteroatoms. The highest BCUT2D eigenvalue weighted by atomic mass is 35.5. The first-order chi connectivity index (χ1) is 11.9. The molecular formula is C16H15Cl2N3O3S. The number of halogens is 2. The summed E-state index contributed by atoms with van der Waals surface area (Å²) in [6.07, 6.45) is 3.11. The van der Waals surface area contributed by atoms with E-state index in [9.17, 15) is 13.2 Å². The van der Waals surface area contributed by atoms with Crippen LogP contribution in [0.25, 0.3) is 0 Å². The average Bonchev–Trinajstić information content (AvgIpc) is 2.64. The average molecular weight is 400 g/mol. The van der Waals surface area contributed by atoms with Crippen molar-refractivity contribution >= 4 is 39.1 Å². The molecule has 0 radical (unpaired) electrons. The SMILES string of the molecule is O=C(c1ccncc1)N1CCN(S(=O)(=O)c2ccc(Cl)c(Cl)c2)CC1. The van der Waals surface area contributed by atoms with Gasteiger partial charge >= 0.3 is 0 Å². The van der Waals surface area contributed by atoms with Crippen molar-refractivity contribution in [1.82, 2.24) is 14.2 Å². The number of benzene rings is 1. The number of nitrogens with zero attached hydrogens (tertiary/aromatic N) is 3. The second kappa shape index (κ2) is 7.29. The van der Waals surface area contributed by atoms with Gasteiger partial charge in [-0.1, -0.05) is 23.2 Å². The molecule has 3 rings (SSSR count). The zero-order chi connectivity index (χ0) is 18.0. The van der Waals surface area contributed by atoms with Crippen LogP contribution < -0.4 is 0 Å². The Labute approximate surface area is 156 Å². The molecule has 0 spiro atoms. The van der Waals surface area contributed by atoms with E-state index in [2.05, 4.69) is 4.98 Å². The van der Waals surface area contributed by atoms with Gasteiger partial charge in [0, 0.05) is 44.1 Å². The first-order valence-electron chi connectivity index (χ1n) is 7.54. The smallest absolute Gasteiger partial charge is 0.254 e. The van der Waals surface area contributed by atoms with Gasteiger partial charge in [0.05, 0.1) is 14.9 Å². The number of aromatic nitrogens is 1. The lowest BCUT2D eigenvalue weighted by Crippen LogP contribution is -2.50. The van der Waals surface area contributed by atoms with Crippen molar-refractivity contribution in [3.63, 3.8) is 0 Å². The lowest BCUT2D eigenvalue weighted by atomic mass is 10.2. The van der Waals surface area contributed by atoms with Gasteiger partial charge in [0.15, 0.2) is 0 Å². The number of hydrogen-bond donors (Lipinski definition) is 0. The monoisotopic (exact) mass is 399 g/mol. The van der Waals surface area contributed by atoms with Gasteiger partial charge in [-0.15, -0.1) is 0 Å². The van der Waals surface area contributed by atoms with E-state index in [0.29, 0.717) is 23.7 Å². The lowest BCUT2D eigenvalue weighted by Gasteiger charge is -2.34. The third kappa shape index (κ3) is 3.79. The van der Waals surface area contributed by atoms with Crippen molar-refractivity contribution in [1.29, 1.82) is 0 Å². The Morgan fingerprint density at radius 2 is 1.60 bits per heavy atom. The standard InChI is InChI=1S/C16H15Cl2N3O3S/c17-14-2-1-13(11-15(14)18)25(23,24)21-9-7-20(8-10-21)16(22)12-3-5-19-6-4-12/h1-6,11H,7-10H2. The van der Waals surface area contributed by atoms with Gasteiger partial charge in [-0.05, 0) is 30.3 Å². The quantitative estimate of drug-likeness (QED) is 0.794. The third-order valence-corrected chi connectivity index (χ3v) is 6.62. The Hall–Kier alpha value is -1.67. The molecule has 1 fully saturated rings. The lowest BCUT2D eigenvalue weighted by molar-refractivity contribution is 0.0698. The van der Waals surface area contributed by atoms with E-state index in [1.165, 1.54) is 22.5 Å². The van der Waals surface area contributed by atoms with E-state index < -0.39 is 10.0 Å². The fourth-order valence-electron chi connectivity index (χ4n) is 2.59. The van der Waals surface area contributed by atoms with Gasteiger partial charge in [0.25, 0.3) is 5.91 Å². The van der Waals surface area contributed by atoms with Crippen LogP contribution in [-0.4, -0.2) is 54.7 Å². The number of sulfonamides is 1. The van der Waals surface area contributed by atoms with E-state index in [1.807, 2.05) is 0 Å². The molecule has 25 heavy (non-hydrogen) atoms. The van der Waals surface area contributed by atoms with Crippen LogP contribution in [0.4, 0.5) is 0 Å². The van der Waals surface area contributed by atoms with Crippen LogP contribution in [-0.2, 0) is 10.0 Å². The highest BCUT2D eigenvalue weighted by Gasteiger charge is 2.30. The van der Waals surface area contributed by atoms with E-state index in [-0.39, 0.29) is 28.9 Å². The topological polar surface area (TPSA) is 70.6 Å². The van der Waals surface area contributed by atoms with Crippen LogP contribution in [0.1, 0.15) is 10.4 Å². The Morgan fingerprint density at radius 1 is 0.960 bits per heavy atom. The van der Waals surface area contributed by atoms with Gasteiger partial charge in [-0.3, -0.25) is 9.78 Å². The molecule has 0 N–H and O–H groups in total. The first kappa shape index (κ1) is 18.1. The van der Waals surface area contributed by atoms with Crippen molar-refractivity contribution in [2.24, 2.45) is 0 Å². The van der Waals surface area contributed by atoms with Crippen molar-refractivity contribution in [3.05, 3.63) is 58.3 Å². The van der Waals surface area contributed by atoms with Crippen molar-refractivity contribution < 1.29 is 13.2 Å². The van der Waals surface area contributed by atoms with E-state index in [1.54, 1.807) is 29.4 Å². The van der Waals surface area contributed by atoms with E-state index in [0.717, 1.165) is 0 Å². The minimum Gasteiger partial charge on any atom is -0.336 e. The van der Waals surface area contributed by atoms with E-state index in [4.69, 9.17) is 23.2 Å². The molecule has 0 atom stereocenters. The maximum atomic E-state index is 12.7. The second-order valence-electron chi connectivity index (χ2n) is 5.51. The molecule has 1 aromatic carbocycles. The molecule has 0 unspecified atom stereocenters. The molecule has 2 heterocycles. The predicted molar refractivity (Wildman–Crippen MR) is 95.4 cm³/mol. The van der Waals surface area contributed by atoms with Crippen LogP contribution in [0, 0.1) is 0 Å². The summed E-state index contributed by atoms with van der Waals surface area (Å²) in [5.41, 5.74) is 0.538. The number of amides is 1. The normalized spacial score (nSPS) is 16.0. The van der Waals surface area contributed by atoms with Gasteiger partial charge in [0.2, 0.25) is 10.0 Å². The van der Waals surface area contributed by atoms with Gasteiger partial charge in [0.1, 0.15) is 0 Å². The van der Waals surface area contributed by atoms with Crippen LogP contribution in [0.2, 0.25) is 10.0 Å². The fourth-order valence-corrected chi connectivity index (χ4v) is 4.41. The van der Waals surface area contributed by atoms with E-state index >= 15 is 0 Å². The minimum absolute atomic E-state index is 0.0933. The predicted octanol–water partition coefficient (Wildman–Crippen LogP) is 2.54. The Bertz CT molecular complexity index is 883. The number of piperazine rings is 1. The number of rotatable bonds is 3. The molecule has 0 aliphatic carbocycles. The van der Waals surface area contributed by atoms with Gasteiger partial charge in [-0.25, -0.2) is 8.42 Å². The van der Waals surface area contributed by atoms with Crippen molar-refractivity contribution in [2.75, 3.05) is 26.2 Å². The number of carbonyl (C=O) groups is 1. The second-order valence-corrected chi connectivity index (χ2v) is 8.26. The molecule has 0 saturated carbocycles. The third-order valence-electron chi connectivity index (χ3n) is 3.98. The molecule has 1 aliphatic heterocycles. The Balaban J connectivity index is 1.71. The number of carbonyl (C=O) groups excluding carboxylic acids is 1. The summed E-state index contributed by atoms with van der Waals surface area (Å²) in [5.74, 6) is -0.131. The minimum atomic E-state index is -3.67. The molecule has 2 aromatic rings. The molecule has 1 saturated heterocycles. The Kier molecular flexibility index (Phi) is 5.29. The Morgan fingerprint density at radius 3 is 2.20 bits per heavy atom. The molecule has 0 bridgehead atoms. The summed E-state index contributed by atoms with van der Waals surface area (Å²) in [6, 6.07) is 7.51. The zero-order valence-electron chi connectivity index (χ0n) is 13.1. The highest BCUT2D eigenvalue weighted by Crippen LogP contribution is 2.27. The maximum Gasteiger partial charge on any atom is 0.254 e. The highest BCUT2D eigenvalue weighted by molar-refractivity contribution is 7.89. The van der Waals surface area contributed by atoms with Crippen molar-refractivity contribution in [2.45, 2.75) is 4.90 Å². The molecule has 1 aromatic heterocycles. The molecule has 132 valence electrons. The number of pyridine rings is 1. The fraction of sp³-hybridized carbons (Fsp3) is 0.250. The molecule has 6 nitrogen and oxygen atoms in total. The van der Waals surface area contributed by atoms with Crippen LogP contribution in [0.15, 0.2) is 47.6 Å². The molecular weight excluding hydrogens is 385 g/mol. The summed E-state index contributed by atoms with van der Waals surface area (Å²) < 4.78 is 26.8. The maximum absolute atomic E-state index is 12.7. The van der Waals surface area contributed by atoms with Crippen molar-refractivity contribution in [3.8, 4) is 0 Å². The van der Waals surface area contributed by atoms with Gasteiger partial charge < -0.3 is 4.90 Å². The van der Waals surface area contributed by atoms with Crippen LogP contribution >= 0.6 is 23.2 Å². The van der Waals surface area contributed by atoms with Crippen LogP contribution in [0.5, 0.6) is 0 Å². The first-order valence-corrected chi connectivity index (χ1v) is 9.74. The largest absolute Gasteiger partial charge is 0.336 e. The summed E-state index contributed by atoms with van der Waals surface area (Å²) >= 11 is 11.8. The number of hydrogen-bond acceptors (Lipinski definition) is 4. The van der Waals surface area contributed by atoms with Gasteiger partial charge in [-0.2, -0.15) is 4.31 Å². The van der Waals surface area contributed by atoms with Crippen LogP contribution in [0.3, 0.4) is 0 Å². The summed E-state index contributed by atoms with van der Waals surface area (Å²) in [6.45, 7) is 1.09. The summed E-state index contributed by atoms with van der Waals surface area (Å²) in [4.78, 5) is 18.0.